The number of furan rings is 1. The highest BCUT2D eigenvalue weighted by Gasteiger charge is 2.10. The summed E-state index contributed by atoms with van der Waals surface area (Å²) >= 11 is 0. The number of nitrogens with zero attached hydrogens (tertiary/aromatic N) is 1. The molecule has 0 aliphatic carbocycles. The maximum atomic E-state index is 10.7. The van der Waals surface area contributed by atoms with Gasteiger partial charge in [0.15, 0.2) is 0 Å². The lowest BCUT2D eigenvalue weighted by Gasteiger charge is -2.12. The third-order valence-corrected chi connectivity index (χ3v) is 2.66. The minimum atomic E-state index is -1.05. The lowest BCUT2D eigenvalue weighted by molar-refractivity contribution is 0.0660. The predicted octanol–water partition coefficient (Wildman–Crippen LogP) is 2.22. The number of carboxylic acids is 1. The molecule has 0 spiro atoms. The maximum absolute atomic E-state index is 10.7. The molecule has 0 aliphatic rings. The molecule has 2 rings (SSSR count). The van der Waals surface area contributed by atoms with Crippen molar-refractivity contribution >= 4 is 5.97 Å². The number of carboxylic acid groups (broad SMARTS) is 1. The number of nitrogens with one attached hydrogen (secondary N) is 1. The van der Waals surface area contributed by atoms with E-state index in [-0.39, 0.29) is 11.8 Å². The van der Waals surface area contributed by atoms with Crippen molar-refractivity contribution in [3.05, 3.63) is 53.7 Å². The fourth-order valence-electron chi connectivity index (χ4n) is 1.61. The molecule has 5 nitrogen and oxygen atoms in total. The topological polar surface area (TPSA) is 75.4 Å². The van der Waals surface area contributed by atoms with E-state index in [1.165, 1.54) is 6.07 Å². The Kier molecular flexibility index (Phi) is 3.74. The summed E-state index contributed by atoms with van der Waals surface area (Å²) in [6.07, 6.45) is 3.48. The Balaban J connectivity index is 1.93. The van der Waals surface area contributed by atoms with E-state index >= 15 is 0 Å². The quantitative estimate of drug-likeness (QED) is 0.846. The molecule has 18 heavy (non-hydrogen) atoms. The van der Waals surface area contributed by atoms with E-state index in [4.69, 9.17) is 9.52 Å². The van der Waals surface area contributed by atoms with Crippen molar-refractivity contribution in [2.45, 2.75) is 19.5 Å². The Morgan fingerprint density at radius 3 is 2.72 bits per heavy atom. The van der Waals surface area contributed by atoms with E-state index in [0.717, 1.165) is 5.56 Å². The molecule has 94 valence electrons. The Bertz CT molecular complexity index is 522. The molecule has 2 N–H and O–H groups in total. The van der Waals surface area contributed by atoms with Crippen molar-refractivity contribution < 1.29 is 14.3 Å². The van der Waals surface area contributed by atoms with Gasteiger partial charge in [-0.15, -0.1) is 0 Å². The van der Waals surface area contributed by atoms with Crippen molar-refractivity contribution in [3.8, 4) is 0 Å². The van der Waals surface area contributed by atoms with E-state index < -0.39 is 5.97 Å². The van der Waals surface area contributed by atoms with Crippen LogP contribution in [0.4, 0.5) is 0 Å². The van der Waals surface area contributed by atoms with E-state index in [1.54, 1.807) is 18.5 Å². The van der Waals surface area contributed by atoms with Crippen molar-refractivity contribution in [1.29, 1.82) is 0 Å². The van der Waals surface area contributed by atoms with Crippen LogP contribution < -0.4 is 5.32 Å². The van der Waals surface area contributed by atoms with E-state index in [1.807, 2.05) is 19.1 Å². The van der Waals surface area contributed by atoms with Gasteiger partial charge in [0, 0.05) is 18.4 Å². The van der Waals surface area contributed by atoms with Crippen LogP contribution in [0, 0.1) is 0 Å². The van der Waals surface area contributed by atoms with Crippen molar-refractivity contribution in [2.75, 3.05) is 0 Å². The molecule has 2 aromatic heterocycles. The number of carbonyl (C=O) groups is 1. The van der Waals surface area contributed by atoms with Gasteiger partial charge in [0.1, 0.15) is 5.76 Å². The highest BCUT2D eigenvalue weighted by Crippen LogP contribution is 2.13. The van der Waals surface area contributed by atoms with Crippen LogP contribution in [0.5, 0.6) is 0 Å². The number of aromatic nitrogens is 1. The Labute approximate surface area is 104 Å². The molecule has 0 radical (unpaired) electrons. The first-order chi connectivity index (χ1) is 8.66. The minimum Gasteiger partial charge on any atom is -0.475 e. The number of rotatable bonds is 5. The molecular formula is C13H14N2O3. The molecular weight excluding hydrogens is 232 g/mol. The van der Waals surface area contributed by atoms with Crippen LogP contribution in [-0.2, 0) is 6.54 Å². The fraction of sp³-hybridized carbons (Fsp3) is 0.231. The van der Waals surface area contributed by atoms with Gasteiger partial charge in [0.05, 0.1) is 6.54 Å². The highest BCUT2D eigenvalue weighted by molar-refractivity contribution is 5.84. The molecule has 0 aliphatic heterocycles. The van der Waals surface area contributed by atoms with Crippen LogP contribution in [0.3, 0.4) is 0 Å². The predicted molar refractivity (Wildman–Crippen MR) is 65.2 cm³/mol. The van der Waals surface area contributed by atoms with Crippen molar-refractivity contribution in [1.82, 2.24) is 10.3 Å². The molecule has 0 bridgehead atoms. The van der Waals surface area contributed by atoms with Gasteiger partial charge in [0.2, 0.25) is 5.76 Å². The first kappa shape index (κ1) is 12.3. The molecule has 0 amide bonds. The molecule has 1 atom stereocenters. The average Bonchev–Trinajstić information content (AvgIpc) is 2.86. The second-order valence-electron chi connectivity index (χ2n) is 3.95. The zero-order valence-corrected chi connectivity index (χ0v) is 9.96. The fourth-order valence-corrected chi connectivity index (χ4v) is 1.61. The van der Waals surface area contributed by atoms with Gasteiger partial charge < -0.3 is 14.8 Å². The SMILES string of the molecule is CC(NCc1ccc(C(=O)O)o1)c1ccncc1. The summed E-state index contributed by atoms with van der Waals surface area (Å²) in [5.41, 5.74) is 1.12. The van der Waals surface area contributed by atoms with Gasteiger partial charge >= 0.3 is 5.97 Å². The van der Waals surface area contributed by atoms with Crippen LogP contribution in [0.15, 0.2) is 41.1 Å². The summed E-state index contributed by atoms with van der Waals surface area (Å²) in [6.45, 7) is 2.51. The van der Waals surface area contributed by atoms with Gasteiger partial charge in [0.25, 0.3) is 0 Å². The van der Waals surface area contributed by atoms with Gasteiger partial charge in [-0.05, 0) is 36.8 Å². The van der Waals surface area contributed by atoms with E-state index in [9.17, 15) is 4.79 Å². The van der Waals surface area contributed by atoms with E-state index in [2.05, 4.69) is 10.3 Å². The average molecular weight is 246 g/mol. The summed E-state index contributed by atoms with van der Waals surface area (Å²) in [4.78, 5) is 14.6. The van der Waals surface area contributed by atoms with Gasteiger partial charge in [-0.3, -0.25) is 4.98 Å². The smallest absolute Gasteiger partial charge is 0.371 e. The first-order valence-electron chi connectivity index (χ1n) is 5.62. The van der Waals surface area contributed by atoms with Gasteiger partial charge in [-0.25, -0.2) is 4.79 Å². The Morgan fingerprint density at radius 1 is 1.39 bits per heavy atom. The highest BCUT2D eigenvalue weighted by atomic mass is 16.4. The molecule has 0 saturated heterocycles. The number of aromatic carboxylic acids is 1. The standard InChI is InChI=1S/C13H14N2O3/c1-9(10-4-6-14-7-5-10)15-8-11-2-3-12(18-11)13(16)17/h2-7,9,15H,8H2,1H3,(H,16,17). The van der Waals surface area contributed by atoms with Crippen LogP contribution in [0.2, 0.25) is 0 Å². The lowest BCUT2D eigenvalue weighted by atomic mass is 10.1. The maximum Gasteiger partial charge on any atom is 0.371 e. The van der Waals surface area contributed by atoms with E-state index in [0.29, 0.717) is 12.3 Å². The lowest BCUT2D eigenvalue weighted by Crippen LogP contribution is -2.17. The number of hydrogen-bond acceptors (Lipinski definition) is 4. The molecule has 5 heteroatoms. The zero-order chi connectivity index (χ0) is 13.0. The molecule has 0 saturated carbocycles. The molecule has 0 aromatic carbocycles. The summed E-state index contributed by atoms with van der Waals surface area (Å²) in [5.74, 6) is -0.486. The second kappa shape index (κ2) is 5.46. The first-order valence-corrected chi connectivity index (χ1v) is 5.62. The second-order valence-corrected chi connectivity index (χ2v) is 3.95. The van der Waals surface area contributed by atoms with Crippen LogP contribution >= 0.6 is 0 Å². The Hall–Kier alpha value is -2.14. The monoisotopic (exact) mass is 246 g/mol. The minimum absolute atomic E-state index is 0.0386. The zero-order valence-electron chi connectivity index (χ0n) is 9.96. The summed E-state index contributed by atoms with van der Waals surface area (Å²) in [7, 11) is 0. The van der Waals surface area contributed by atoms with Crippen molar-refractivity contribution in [3.63, 3.8) is 0 Å². The largest absolute Gasteiger partial charge is 0.475 e. The molecule has 1 unspecified atom stereocenters. The summed E-state index contributed by atoms with van der Waals surface area (Å²) in [6, 6.07) is 7.13. The third kappa shape index (κ3) is 2.95. The number of hydrogen-bond donors (Lipinski definition) is 2. The van der Waals surface area contributed by atoms with Gasteiger partial charge in [-0.1, -0.05) is 0 Å². The number of pyridine rings is 1. The van der Waals surface area contributed by atoms with Crippen LogP contribution in [-0.4, -0.2) is 16.1 Å². The van der Waals surface area contributed by atoms with Gasteiger partial charge in [-0.2, -0.15) is 0 Å². The molecule has 2 aromatic rings. The molecule has 2 heterocycles. The third-order valence-electron chi connectivity index (χ3n) is 2.66. The Morgan fingerprint density at radius 2 is 2.11 bits per heavy atom. The summed E-state index contributed by atoms with van der Waals surface area (Å²) < 4.78 is 5.16. The van der Waals surface area contributed by atoms with Crippen LogP contribution in [0.1, 0.15) is 34.8 Å². The summed E-state index contributed by atoms with van der Waals surface area (Å²) in [5, 5.41) is 12.0. The molecule has 0 fully saturated rings. The normalized spacial score (nSPS) is 12.3. The van der Waals surface area contributed by atoms with Crippen LogP contribution in [0.25, 0.3) is 0 Å². The van der Waals surface area contributed by atoms with Crippen molar-refractivity contribution in [2.24, 2.45) is 0 Å².